The van der Waals surface area contributed by atoms with E-state index in [1.807, 2.05) is 24.1 Å². The number of aryl methyl sites for hydroxylation is 2. The fraction of sp³-hybridized carbons (Fsp3) is 0.438. The van der Waals surface area contributed by atoms with Gasteiger partial charge in [0.1, 0.15) is 0 Å². The molecular weight excluding hydrogens is 262 g/mol. The van der Waals surface area contributed by atoms with Crippen molar-refractivity contribution in [3.8, 4) is 0 Å². The van der Waals surface area contributed by atoms with Crippen LogP contribution in [-0.4, -0.2) is 22.2 Å². The largest absolute Gasteiger partial charge is 0.338 e. The molecule has 0 aliphatic carbocycles. The van der Waals surface area contributed by atoms with Crippen molar-refractivity contribution in [3.63, 3.8) is 0 Å². The highest BCUT2D eigenvalue weighted by atomic mass is 15.3. The molecule has 0 radical (unpaired) electrons. The maximum atomic E-state index is 5.79. The van der Waals surface area contributed by atoms with Gasteiger partial charge in [-0.2, -0.15) is 5.10 Å². The highest BCUT2D eigenvalue weighted by molar-refractivity contribution is 5.35. The average Bonchev–Trinajstić information content (AvgIpc) is 2.54. The van der Waals surface area contributed by atoms with Gasteiger partial charge in [0.05, 0.1) is 11.4 Å². The number of nitrogens with two attached hydrogens (primary N) is 1. The summed E-state index contributed by atoms with van der Waals surface area (Å²) in [6.45, 7) is 5.43. The number of aromatic nitrogens is 3. The van der Waals surface area contributed by atoms with Crippen LogP contribution in [0.5, 0.6) is 0 Å². The summed E-state index contributed by atoms with van der Waals surface area (Å²) < 4.78 is 0. The summed E-state index contributed by atoms with van der Waals surface area (Å²) in [5, 5.41) is 8.54. The van der Waals surface area contributed by atoms with Crippen LogP contribution in [0.2, 0.25) is 0 Å². The Bertz CT molecular complexity index is 597. The van der Waals surface area contributed by atoms with Crippen molar-refractivity contribution >= 4 is 5.95 Å². The Hall–Kier alpha value is -2.01. The van der Waals surface area contributed by atoms with Gasteiger partial charge in [-0.15, -0.1) is 5.10 Å². The van der Waals surface area contributed by atoms with E-state index in [9.17, 15) is 0 Å². The normalized spacial score (nSPS) is 10.7. The van der Waals surface area contributed by atoms with Crippen molar-refractivity contribution in [2.45, 2.75) is 39.8 Å². The summed E-state index contributed by atoms with van der Waals surface area (Å²) in [7, 11) is 1.98. The van der Waals surface area contributed by atoms with Gasteiger partial charge in [0, 0.05) is 20.1 Å². The number of rotatable bonds is 6. The van der Waals surface area contributed by atoms with Crippen LogP contribution in [0.25, 0.3) is 0 Å². The number of hydrogen-bond acceptors (Lipinski definition) is 5. The summed E-state index contributed by atoms with van der Waals surface area (Å²) in [6.07, 6.45) is 1.74. The minimum Gasteiger partial charge on any atom is -0.338 e. The second kappa shape index (κ2) is 7.13. The minimum atomic E-state index is 0.540. The monoisotopic (exact) mass is 285 g/mol. The molecule has 0 unspecified atom stereocenters. The lowest BCUT2D eigenvalue weighted by Gasteiger charge is -2.19. The van der Waals surface area contributed by atoms with Gasteiger partial charge in [-0.25, -0.2) is 4.98 Å². The second-order valence-electron chi connectivity index (χ2n) is 5.04. The molecule has 0 amide bonds. The van der Waals surface area contributed by atoms with Crippen LogP contribution in [0, 0.1) is 0 Å². The lowest BCUT2D eigenvalue weighted by molar-refractivity contribution is 0.768. The molecule has 0 saturated carbocycles. The molecule has 21 heavy (non-hydrogen) atoms. The smallest absolute Gasteiger partial charge is 0.245 e. The molecule has 5 nitrogen and oxygen atoms in total. The molecule has 2 rings (SSSR count). The molecule has 2 N–H and O–H groups in total. The first-order valence-corrected chi connectivity index (χ1v) is 7.40. The molecule has 2 aromatic rings. The van der Waals surface area contributed by atoms with E-state index in [0.717, 1.165) is 36.3 Å². The Kier molecular flexibility index (Phi) is 5.22. The maximum Gasteiger partial charge on any atom is 0.245 e. The van der Waals surface area contributed by atoms with Crippen LogP contribution in [0.3, 0.4) is 0 Å². The standard InChI is InChI=1S/C16H23N5/c1-4-14-15(5-2)19-20-16(18-14)21(3)11-13-9-7-6-8-12(13)10-17/h6-9H,4-5,10-11,17H2,1-3H3. The predicted octanol–water partition coefficient (Wildman–Crippen LogP) is 2.09. The zero-order chi connectivity index (χ0) is 15.2. The van der Waals surface area contributed by atoms with Gasteiger partial charge in [-0.1, -0.05) is 38.1 Å². The van der Waals surface area contributed by atoms with Crippen molar-refractivity contribution in [3.05, 3.63) is 46.8 Å². The molecule has 0 saturated heterocycles. The quantitative estimate of drug-likeness (QED) is 0.880. The first-order valence-electron chi connectivity index (χ1n) is 7.40. The summed E-state index contributed by atoms with van der Waals surface area (Å²) in [5.41, 5.74) is 10.1. The summed E-state index contributed by atoms with van der Waals surface area (Å²) in [6, 6.07) is 8.18. The molecule has 0 aliphatic rings. The highest BCUT2D eigenvalue weighted by Crippen LogP contribution is 2.15. The fourth-order valence-electron chi connectivity index (χ4n) is 2.33. The zero-order valence-electron chi connectivity index (χ0n) is 13.0. The first-order chi connectivity index (χ1) is 10.2. The van der Waals surface area contributed by atoms with E-state index in [4.69, 9.17) is 5.73 Å². The highest BCUT2D eigenvalue weighted by Gasteiger charge is 2.11. The van der Waals surface area contributed by atoms with E-state index >= 15 is 0 Å². The molecule has 0 spiro atoms. The van der Waals surface area contributed by atoms with E-state index in [1.165, 1.54) is 5.56 Å². The lowest BCUT2D eigenvalue weighted by Crippen LogP contribution is -2.22. The maximum absolute atomic E-state index is 5.79. The van der Waals surface area contributed by atoms with Gasteiger partial charge in [-0.05, 0) is 24.0 Å². The summed E-state index contributed by atoms with van der Waals surface area (Å²) >= 11 is 0. The summed E-state index contributed by atoms with van der Waals surface area (Å²) in [5.74, 6) is 0.663. The second-order valence-corrected chi connectivity index (χ2v) is 5.04. The number of anilines is 1. The topological polar surface area (TPSA) is 67.9 Å². The van der Waals surface area contributed by atoms with Gasteiger partial charge in [0.15, 0.2) is 0 Å². The van der Waals surface area contributed by atoms with Crippen LogP contribution in [0.15, 0.2) is 24.3 Å². The third-order valence-electron chi connectivity index (χ3n) is 3.59. The van der Waals surface area contributed by atoms with E-state index in [2.05, 4.69) is 41.2 Å². The molecule has 1 aromatic carbocycles. The van der Waals surface area contributed by atoms with E-state index in [-0.39, 0.29) is 0 Å². The lowest BCUT2D eigenvalue weighted by atomic mass is 10.1. The van der Waals surface area contributed by atoms with Gasteiger partial charge < -0.3 is 10.6 Å². The Morgan fingerprint density at radius 3 is 2.29 bits per heavy atom. The van der Waals surface area contributed by atoms with Crippen molar-refractivity contribution < 1.29 is 0 Å². The predicted molar refractivity (Wildman–Crippen MR) is 85.0 cm³/mol. The zero-order valence-corrected chi connectivity index (χ0v) is 13.0. The molecule has 0 atom stereocenters. The fourth-order valence-corrected chi connectivity index (χ4v) is 2.33. The van der Waals surface area contributed by atoms with E-state index in [0.29, 0.717) is 12.5 Å². The van der Waals surface area contributed by atoms with Gasteiger partial charge in [0.25, 0.3) is 0 Å². The van der Waals surface area contributed by atoms with Crippen molar-refractivity contribution in [2.75, 3.05) is 11.9 Å². The van der Waals surface area contributed by atoms with Gasteiger partial charge >= 0.3 is 0 Å². The molecule has 1 aromatic heterocycles. The SMILES string of the molecule is CCc1nnc(N(C)Cc2ccccc2CN)nc1CC. The van der Waals surface area contributed by atoms with Crippen LogP contribution in [-0.2, 0) is 25.9 Å². The third kappa shape index (κ3) is 3.55. The van der Waals surface area contributed by atoms with Crippen molar-refractivity contribution in [2.24, 2.45) is 5.73 Å². The van der Waals surface area contributed by atoms with Crippen LogP contribution in [0.1, 0.15) is 36.4 Å². The van der Waals surface area contributed by atoms with Gasteiger partial charge in [0.2, 0.25) is 5.95 Å². The van der Waals surface area contributed by atoms with Crippen LogP contribution < -0.4 is 10.6 Å². The molecule has 5 heteroatoms. The molecule has 1 heterocycles. The van der Waals surface area contributed by atoms with Crippen LogP contribution in [0.4, 0.5) is 5.95 Å². The molecule has 0 aliphatic heterocycles. The Morgan fingerprint density at radius 2 is 1.67 bits per heavy atom. The van der Waals surface area contributed by atoms with Crippen molar-refractivity contribution in [1.29, 1.82) is 0 Å². The Morgan fingerprint density at radius 1 is 1.00 bits per heavy atom. The third-order valence-corrected chi connectivity index (χ3v) is 3.59. The molecule has 112 valence electrons. The Balaban J connectivity index is 2.22. The van der Waals surface area contributed by atoms with Crippen LogP contribution >= 0.6 is 0 Å². The summed E-state index contributed by atoms with van der Waals surface area (Å²) in [4.78, 5) is 6.65. The molecular formula is C16H23N5. The first kappa shape index (κ1) is 15.4. The average molecular weight is 285 g/mol. The minimum absolute atomic E-state index is 0.540. The molecule has 0 fully saturated rings. The Labute approximate surface area is 126 Å². The molecule has 0 bridgehead atoms. The van der Waals surface area contributed by atoms with E-state index < -0.39 is 0 Å². The number of nitrogens with zero attached hydrogens (tertiary/aromatic N) is 4. The number of hydrogen-bond donors (Lipinski definition) is 1. The van der Waals surface area contributed by atoms with E-state index in [1.54, 1.807) is 0 Å². The number of benzene rings is 1. The van der Waals surface area contributed by atoms with Gasteiger partial charge in [-0.3, -0.25) is 0 Å². The van der Waals surface area contributed by atoms with Crippen molar-refractivity contribution in [1.82, 2.24) is 15.2 Å².